The average molecular weight is 294 g/mol. The zero-order valence-corrected chi connectivity index (χ0v) is 13.6. The minimum Gasteiger partial charge on any atom is -0.366 e. The summed E-state index contributed by atoms with van der Waals surface area (Å²) < 4.78 is 6.35. The van der Waals surface area contributed by atoms with Crippen molar-refractivity contribution >= 4 is 0 Å². The number of hydrogen-bond donors (Lipinski definition) is 4. The monoisotopic (exact) mass is 294 g/mol. The summed E-state index contributed by atoms with van der Waals surface area (Å²) in [6.07, 6.45) is 8.95. The van der Waals surface area contributed by atoms with Crippen LogP contribution >= 0.6 is 0 Å². The highest BCUT2D eigenvalue weighted by Gasteiger charge is 2.44. The Balaban J connectivity index is 2.18. The number of nitrogens with two attached hydrogens (primary N) is 4. The fourth-order valence-corrected chi connectivity index (χ4v) is 3.57. The highest BCUT2D eigenvalue weighted by molar-refractivity contribution is 5.18. The lowest BCUT2D eigenvalue weighted by Gasteiger charge is -2.47. The topological polar surface area (TPSA) is 113 Å². The van der Waals surface area contributed by atoms with E-state index < -0.39 is 11.3 Å². The van der Waals surface area contributed by atoms with Crippen LogP contribution in [0.2, 0.25) is 0 Å². The van der Waals surface area contributed by atoms with Gasteiger partial charge in [0.1, 0.15) is 0 Å². The van der Waals surface area contributed by atoms with Crippen molar-refractivity contribution in [3.8, 4) is 0 Å². The first-order valence-electron chi connectivity index (χ1n) is 7.53. The molecule has 0 fully saturated rings. The van der Waals surface area contributed by atoms with E-state index in [1.165, 1.54) is 0 Å². The number of rotatable bonds is 2. The summed E-state index contributed by atoms with van der Waals surface area (Å²) in [5.41, 5.74) is 22.3. The van der Waals surface area contributed by atoms with E-state index in [-0.39, 0.29) is 23.0 Å². The molecule has 0 aromatic carbocycles. The zero-order valence-electron chi connectivity index (χ0n) is 13.6. The molecule has 8 N–H and O–H groups in total. The Morgan fingerprint density at radius 3 is 1.38 bits per heavy atom. The Bertz CT molecular complexity index is 421. The standard InChI is InChI=1S/C16H30N4O/c1-13(2)9-15(17,18)7-5-11(13)21-12-6-8-16(19,20)10-14(12,3)4/h5-8,11-12H,9-10,17-20H2,1-4H3. The van der Waals surface area contributed by atoms with Crippen molar-refractivity contribution in [2.24, 2.45) is 33.8 Å². The predicted octanol–water partition coefficient (Wildman–Crippen LogP) is 0.940. The molecule has 2 unspecified atom stereocenters. The van der Waals surface area contributed by atoms with Gasteiger partial charge in [0.15, 0.2) is 0 Å². The first kappa shape index (κ1) is 16.6. The van der Waals surface area contributed by atoms with Gasteiger partial charge >= 0.3 is 0 Å². The molecule has 5 heteroatoms. The van der Waals surface area contributed by atoms with Gasteiger partial charge in [-0.25, -0.2) is 0 Å². The minimum atomic E-state index is -0.759. The summed E-state index contributed by atoms with van der Waals surface area (Å²) in [6.45, 7) is 8.52. The predicted molar refractivity (Wildman–Crippen MR) is 85.9 cm³/mol. The fraction of sp³-hybridized carbons (Fsp3) is 0.750. The highest BCUT2D eigenvalue weighted by Crippen LogP contribution is 2.41. The van der Waals surface area contributed by atoms with Crippen molar-refractivity contribution in [3.05, 3.63) is 24.3 Å². The van der Waals surface area contributed by atoms with Gasteiger partial charge in [-0.05, 0) is 23.7 Å². The van der Waals surface area contributed by atoms with Crippen molar-refractivity contribution in [2.75, 3.05) is 0 Å². The van der Waals surface area contributed by atoms with E-state index >= 15 is 0 Å². The summed E-state index contributed by atoms with van der Waals surface area (Å²) >= 11 is 0. The van der Waals surface area contributed by atoms with Crippen LogP contribution in [0.4, 0.5) is 0 Å². The van der Waals surface area contributed by atoms with Gasteiger partial charge in [-0.1, -0.05) is 52.0 Å². The maximum absolute atomic E-state index is 6.35. The molecule has 0 amide bonds. The second-order valence-corrected chi connectivity index (χ2v) is 8.25. The van der Waals surface area contributed by atoms with E-state index in [4.69, 9.17) is 27.7 Å². The molecule has 5 nitrogen and oxygen atoms in total. The van der Waals surface area contributed by atoms with Crippen molar-refractivity contribution in [3.63, 3.8) is 0 Å². The average Bonchev–Trinajstić information content (AvgIpc) is 2.21. The smallest absolute Gasteiger partial charge is 0.0835 e. The lowest BCUT2D eigenvalue weighted by Crippen LogP contribution is -2.58. The minimum absolute atomic E-state index is 0.0327. The van der Waals surface area contributed by atoms with Crippen LogP contribution in [0.1, 0.15) is 40.5 Å². The first-order valence-corrected chi connectivity index (χ1v) is 7.53. The molecule has 0 saturated carbocycles. The van der Waals surface area contributed by atoms with Crippen molar-refractivity contribution < 1.29 is 4.74 Å². The maximum Gasteiger partial charge on any atom is 0.0835 e. The van der Waals surface area contributed by atoms with E-state index in [1.807, 2.05) is 24.3 Å². The van der Waals surface area contributed by atoms with Gasteiger partial charge in [0.2, 0.25) is 0 Å². The Morgan fingerprint density at radius 2 is 1.10 bits per heavy atom. The van der Waals surface area contributed by atoms with Crippen LogP contribution in [0.5, 0.6) is 0 Å². The van der Waals surface area contributed by atoms with E-state index in [0.29, 0.717) is 12.8 Å². The quantitative estimate of drug-likeness (QED) is 0.447. The molecule has 0 heterocycles. The molecular formula is C16H30N4O. The van der Waals surface area contributed by atoms with Crippen LogP contribution < -0.4 is 22.9 Å². The third-order valence-corrected chi connectivity index (χ3v) is 4.52. The molecule has 2 aliphatic rings. The van der Waals surface area contributed by atoms with Crippen LogP contribution in [0.25, 0.3) is 0 Å². The van der Waals surface area contributed by atoms with E-state index in [1.54, 1.807) is 0 Å². The molecule has 0 radical (unpaired) electrons. The fourth-order valence-electron chi connectivity index (χ4n) is 3.57. The Hall–Kier alpha value is -0.720. The van der Waals surface area contributed by atoms with Crippen LogP contribution in [0.15, 0.2) is 24.3 Å². The van der Waals surface area contributed by atoms with Crippen LogP contribution in [0, 0.1) is 10.8 Å². The third kappa shape index (κ3) is 3.73. The van der Waals surface area contributed by atoms with E-state index in [0.717, 1.165) is 0 Å². The summed E-state index contributed by atoms with van der Waals surface area (Å²) in [7, 11) is 0. The molecular weight excluding hydrogens is 264 g/mol. The molecule has 0 aliphatic heterocycles. The third-order valence-electron chi connectivity index (χ3n) is 4.52. The first-order chi connectivity index (χ1) is 9.33. The summed E-state index contributed by atoms with van der Waals surface area (Å²) in [4.78, 5) is 0. The number of hydrogen-bond acceptors (Lipinski definition) is 5. The van der Waals surface area contributed by atoms with E-state index in [9.17, 15) is 0 Å². The van der Waals surface area contributed by atoms with Gasteiger partial charge in [-0.2, -0.15) is 0 Å². The lowest BCUT2D eigenvalue weighted by atomic mass is 9.72. The van der Waals surface area contributed by atoms with Crippen LogP contribution in [0.3, 0.4) is 0 Å². The molecule has 0 bridgehead atoms. The largest absolute Gasteiger partial charge is 0.366 e. The van der Waals surface area contributed by atoms with Crippen LogP contribution in [-0.2, 0) is 4.74 Å². The van der Waals surface area contributed by atoms with Crippen molar-refractivity contribution in [1.82, 2.24) is 0 Å². The number of ether oxygens (including phenoxy) is 1. The summed E-state index contributed by atoms with van der Waals surface area (Å²) in [6, 6.07) is 0. The van der Waals surface area contributed by atoms with Gasteiger partial charge in [0.25, 0.3) is 0 Å². The van der Waals surface area contributed by atoms with Crippen molar-refractivity contribution in [1.29, 1.82) is 0 Å². The molecule has 2 atom stereocenters. The summed E-state index contributed by atoms with van der Waals surface area (Å²) in [5, 5.41) is 0. The molecule has 2 rings (SSSR count). The van der Waals surface area contributed by atoms with Gasteiger partial charge < -0.3 is 27.7 Å². The second-order valence-electron chi connectivity index (χ2n) is 8.25. The molecule has 21 heavy (non-hydrogen) atoms. The molecule has 2 aliphatic carbocycles. The lowest BCUT2D eigenvalue weighted by molar-refractivity contribution is -0.0885. The van der Waals surface area contributed by atoms with Crippen LogP contribution in [-0.4, -0.2) is 23.5 Å². The van der Waals surface area contributed by atoms with Gasteiger partial charge in [0, 0.05) is 0 Å². The Morgan fingerprint density at radius 1 is 0.762 bits per heavy atom. The normalized spacial score (nSPS) is 35.6. The van der Waals surface area contributed by atoms with Gasteiger partial charge in [0.05, 0.1) is 23.5 Å². The highest BCUT2D eigenvalue weighted by atomic mass is 16.5. The Labute approximate surface area is 127 Å². The zero-order chi connectivity index (χ0) is 16.1. The van der Waals surface area contributed by atoms with Crippen molar-refractivity contribution in [2.45, 2.75) is 64.1 Å². The molecule has 0 aromatic heterocycles. The summed E-state index contributed by atoms with van der Waals surface area (Å²) in [5.74, 6) is 0. The molecule has 0 spiro atoms. The molecule has 120 valence electrons. The molecule has 0 saturated heterocycles. The molecule has 0 aromatic rings. The van der Waals surface area contributed by atoms with E-state index in [2.05, 4.69) is 27.7 Å². The SMILES string of the molecule is CC1(C)CC(N)(N)C=CC1OC1C=CC(N)(N)CC1(C)C. The van der Waals surface area contributed by atoms with Gasteiger partial charge in [-0.3, -0.25) is 0 Å². The Kier molecular flexibility index (Phi) is 3.88. The van der Waals surface area contributed by atoms with Gasteiger partial charge in [-0.15, -0.1) is 0 Å². The second kappa shape index (κ2) is 4.89. The maximum atomic E-state index is 6.35.